The van der Waals surface area contributed by atoms with Crippen LogP contribution in [-0.2, 0) is 10.9 Å². The van der Waals surface area contributed by atoms with E-state index in [1.807, 2.05) is 0 Å². The van der Waals surface area contributed by atoms with Crippen LogP contribution >= 0.6 is 11.6 Å². The van der Waals surface area contributed by atoms with Crippen LogP contribution in [0.15, 0.2) is 47.6 Å². The number of alkyl halides is 3. The van der Waals surface area contributed by atoms with Gasteiger partial charge in [-0.3, -0.25) is 10.1 Å². The van der Waals surface area contributed by atoms with Crippen molar-refractivity contribution in [2.24, 2.45) is 5.16 Å². The zero-order chi connectivity index (χ0) is 20.2. The summed E-state index contributed by atoms with van der Waals surface area (Å²) in [4.78, 5) is 10.2. The number of oxime groups is 1. The highest BCUT2D eigenvalue weighted by Gasteiger charge is 2.31. The number of methoxy groups -OCH3 is 1. The summed E-state index contributed by atoms with van der Waals surface area (Å²) < 4.78 is 48.2. The van der Waals surface area contributed by atoms with Crippen LogP contribution in [0.2, 0.25) is 5.02 Å². The average Bonchev–Trinajstić information content (AvgIpc) is 2.60. The van der Waals surface area contributed by atoms with Gasteiger partial charge in [0.15, 0.2) is 5.71 Å². The summed E-state index contributed by atoms with van der Waals surface area (Å²) in [6, 6.07) is 8.16. The van der Waals surface area contributed by atoms with Crippen molar-refractivity contribution in [2.75, 3.05) is 7.11 Å². The van der Waals surface area contributed by atoms with Crippen LogP contribution in [0.4, 0.5) is 13.2 Å². The SMILES string of the molecule is COC(C(=NO)c1cccc(Oc2ccc(C(F)(F)F)cc2Cl)c1)[N+](=O)[O-]. The summed E-state index contributed by atoms with van der Waals surface area (Å²) in [6.45, 7) is 0. The van der Waals surface area contributed by atoms with E-state index in [1.165, 1.54) is 24.3 Å². The van der Waals surface area contributed by atoms with Gasteiger partial charge in [0.05, 0.1) is 15.5 Å². The molecule has 2 aromatic rings. The van der Waals surface area contributed by atoms with Gasteiger partial charge in [-0.2, -0.15) is 13.2 Å². The van der Waals surface area contributed by atoms with E-state index in [-0.39, 0.29) is 27.8 Å². The highest BCUT2D eigenvalue weighted by Crippen LogP contribution is 2.36. The Balaban J connectivity index is 2.32. The first-order valence-electron chi connectivity index (χ1n) is 7.20. The molecular formula is C16H12ClF3N2O5. The molecule has 1 unspecified atom stereocenters. The fourth-order valence-electron chi connectivity index (χ4n) is 2.15. The van der Waals surface area contributed by atoms with Gasteiger partial charge in [0.25, 0.3) is 0 Å². The van der Waals surface area contributed by atoms with Gasteiger partial charge in [0.2, 0.25) is 0 Å². The first-order valence-corrected chi connectivity index (χ1v) is 7.58. The fraction of sp³-hybridized carbons (Fsp3) is 0.188. The molecule has 0 saturated carbocycles. The number of rotatable bonds is 6. The van der Waals surface area contributed by atoms with Crippen molar-refractivity contribution in [1.82, 2.24) is 0 Å². The molecule has 0 fully saturated rings. The summed E-state index contributed by atoms with van der Waals surface area (Å²) in [5.74, 6) is 0.0513. The Kier molecular flexibility index (Phi) is 6.24. The van der Waals surface area contributed by atoms with Crippen LogP contribution in [0.5, 0.6) is 11.5 Å². The van der Waals surface area contributed by atoms with Crippen molar-refractivity contribution in [3.05, 3.63) is 68.7 Å². The smallest absolute Gasteiger partial charge is 0.416 e. The third kappa shape index (κ3) is 4.86. The van der Waals surface area contributed by atoms with Crippen LogP contribution in [0.3, 0.4) is 0 Å². The molecule has 0 radical (unpaired) electrons. The maximum absolute atomic E-state index is 12.7. The molecular weight excluding hydrogens is 393 g/mol. The maximum Gasteiger partial charge on any atom is 0.416 e. The fourth-order valence-corrected chi connectivity index (χ4v) is 2.37. The second-order valence-corrected chi connectivity index (χ2v) is 5.54. The highest BCUT2D eigenvalue weighted by atomic mass is 35.5. The molecule has 27 heavy (non-hydrogen) atoms. The Bertz CT molecular complexity index is 873. The van der Waals surface area contributed by atoms with Crippen molar-refractivity contribution in [3.8, 4) is 11.5 Å². The van der Waals surface area contributed by atoms with E-state index < -0.39 is 22.9 Å². The summed E-state index contributed by atoms with van der Waals surface area (Å²) in [6.07, 6.45) is -6.27. The third-order valence-electron chi connectivity index (χ3n) is 3.37. The molecule has 0 aromatic heterocycles. The molecule has 0 saturated heterocycles. The Labute approximate surface area is 155 Å². The normalized spacial score (nSPS) is 13.3. The average molecular weight is 405 g/mol. The maximum atomic E-state index is 12.7. The lowest BCUT2D eigenvalue weighted by atomic mass is 10.1. The quantitative estimate of drug-likeness (QED) is 0.250. The molecule has 11 heteroatoms. The summed E-state index contributed by atoms with van der Waals surface area (Å²) in [7, 11) is 1.07. The summed E-state index contributed by atoms with van der Waals surface area (Å²) >= 11 is 5.83. The van der Waals surface area contributed by atoms with Gasteiger partial charge in [0.1, 0.15) is 11.5 Å². The Morgan fingerprint density at radius 2 is 2.00 bits per heavy atom. The molecule has 0 amide bonds. The predicted octanol–water partition coefficient (Wildman–Crippen LogP) is 4.58. The minimum Gasteiger partial charge on any atom is -0.456 e. The summed E-state index contributed by atoms with van der Waals surface area (Å²) in [5, 5.41) is 22.7. The molecule has 0 aliphatic carbocycles. The van der Waals surface area contributed by atoms with Crippen LogP contribution in [0, 0.1) is 10.1 Å². The Morgan fingerprint density at radius 1 is 1.30 bits per heavy atom. The molecule has 7 nitrogen and oxygen atoms in total. The largest absolute Gasteiger partial charge is 0.456 e. The van der Waals surface area contributed by atoms with Crippen LogP contribution in [-0.4, -0.2) is 29.2 Å². The van der Waals surface area contributed by atoms with Gasteiger partial charge in [-0.05, 0) is 30.3 Å². The lowest BCUT2D eigenvalue weighted by Gasteiger charge is -2.13. The standard InChI is InChI=1S/C16H12ClF3N2O5/c1-26-15(22(24)25)14(21-23)9-3-2-4-11(7-9)27-13-6-5-10(8-12(13)17)16(18,19)20/h2-8,15,23H,1H3. The van der Waals surface area contributed by atoms with E-state index >= 15 is 0 Å². The van der Waals surface area contributed by atoms with Gasteiger partial charge in [-0.1, -0.05) is 28.9 Å². The third-order valence-corrected chi connectivity index (χ3v) is 3.67. The molecule has 0 aliphatic heterocycles. The van der Waals surface area contributed by atoms with Crippen molar-refractivity contribution in [2.45, 2.75) is 12.4 Å². The van der Waals surface area contributed by atoms with Gasteiger partial charge in [0, 0.05) is 12.7 Å². The number of benzene rings is 2. The molecule has 0 aliphatic rings. The molecule has 0 spiro atoms. The molecule has 2 aromatic carbocycles. The van der Waals surface area contributed by atoms with Gasteiger partial charge >= 0.3 is 12.4 Å². The first kappa shape index (κ1) is 20.5. The Hall–Kier alpha value is -2.85. The van der Waals surface area contributed by atoms with E-state index in [2.05, 4.69) is 9.89 Å². The number of nitrogens with zero attached hydrogens (tertiary/aromatic N) is 2. The van der Waals surface area contributed by atoms with E-state index in [9.17, 15) is 23.3 Å². The van der Waals surface area contributed by atoms with E-state index in [1.54, 1.807) is 0 Å². The number of hydrogen-bond acceptors (Lipinski definition) is 6. The van der Waals surface area contributed by atoms with Crippen molar-refractivity contribution >= 4 is 17.3 Å². The van der Waals surface area contributed by atoms with Crippen LogP contribution in [0.25, 0.3) is 0 Å². The van der Waals surface area contributed by atoms with Crippen LogP contribution < -0.4 is 4.74 Å². The summed E-state index contributed by atoms with van der Waals surface area (Å²) in [5.41, 5.74) is -1.20. The molecule has 144 valence electrons. The zero-order valence-electron chi connectivity index (χ0n) is 13.6. The van der Waals surface area contributed by atoms with E-state index in [0.29, 0.717) is 0 Å². The van der Waals surface area contributed by atoms with Crippen molar-refractivity contribution in [1.29, 1.82) is 0 Å². The lowest BCUT2D eigenvalue weighted by Crippen LogP contribution is -2.32. The van der Waals surface area contributed by atoms with E-state index in [4.69, 9.17) is 21.5 Å². The van der Waals surface area contributed by atoms with Gasteiger partial charge in [-0.15, -0.1) is 0 Å². The second kappa shape index (κ2) is 8.23. The second-order valence-electron chi connectivity index (χ2n) is 5.13. The Morgan fingerprint density at radius 3 is 2.52 bits per heavy atom. The molecule has 1 atom stereocenters. The molecule has 0 heterocycles. The lowest BCUT2D eigenvalue weighted by molar-refractivity contribution is -0.550. The van der Waals surface area contributed by atoms with Crippen LogP contribution in [0.1, 0.15) is 11.1 Å². The topological polar surface area (TPSA) is 94.2 Å². The van der Waals surface area contributed by atoms with E-state index in [0.717, 1.165) is 25.3 Å². The zero-order valence-corrected chi connectivity index (χ0v) is 14.4. The number of hydrogen-bond donors (Lipinski definition) is 1. The molecule has 2 rings (SSSR count). The minimum atomic E-state index is -4.55. The number of nitro groups is 1. The minimum absolute atomic E-state index is 0.0538. The first-order chi connectivity index (χ1) is 12.7. The highest BCUT2D eigenvalue weighted by molar-refractivity contribution is 6.32. The van der Waals surface area contributed by atoms with Crippen molar-refractivity contribution < 1.29 is 32.8 Å². The predicted molar refractivity (Wildman–Crippen MR) is 89.1 cm³/mol. The molecule has 1 N–H and O–H groups in total. The molecule has 0 bridgehead atoms. The van der Waals surface area contributed by atoms with Gasteiger partial charge < -0.3 is 14.7 Å². The van der Waals surface area contributed by atoms with Crippen molar-refractivity contribution in [3.63, 3.8) is 0 Å². The number of ether oxygens (including phenoxy) is 2. The number of halogens is 4. The monoisotopic (exact) mass is 404 g/mol. The van der Waals surface area contributed by atoms with Gasteiger partial charge in [-0.25, -0.2) is 0 Å².